The molecular weight excluding hydrogens is 470 g/mol. The van der Waals surface area contributed by atoms with Crippen molar-refractivity contribution in [1.29, 1.82) is 0 Å². The second-order valence-electron chi connectivity index (χ2n) is 7.57. The number of benzene rings is 3. The minimum Gasteiger partial charge on any atom is -0.495 e. The van der Waals surface area contributed by atoms with Crippen molar-refractivity contribution < 1.29 is 17.9 Å². The SMILES string of the molecule is COc1ccc(C)cc1N(CC(=O)N/N=C\c1ccc(SC)cc1)S(=O)(=O)c1ccc(C)cc1. The molecule has 1 amide bonds. The standard InChI is InChI=1S/C25H27N3O4S2/c1-18-5-12-22(13-6-18)34(30,31)28(23-15-19(2)7-14-24(23)32-3)17-25(29)27-26-16-20-8-10-21(33-4)11-9-20/h5-16H,17H2,1-4H3,(H,27,29)/b26-16-. The summed E-state index contributed by atoms with van der Waals surface area (Å²) in [5, 5.41) is 3.99. The number of carbonyl (C=O) groups is 1. The van der Waals surface area contributed by atoms with Gasteiger partial charge in [-0.1, -0.05) is 35.9 Å². The molecule has 0 heterocycles. The van der Waals surface area contributed by atoms with Crippen molar-refractivity contribution in [2.24, 2.45) is 5.10 Å². The van der Waals surface area contributed by atoms with E-state index < -0.39 is 22.5 Å². The molecule has 0 aromatic heterocycles. The number of rotatable bonds is 9. The predicted octanol–water partition coefficient (Wildman–Crippen LogP) is 4.38. The van der Waals surface area contributed by atoms with Gasteiger partial charge < -0.3 is 4.74 Å². The number of hydrogen-bond acceptors (Lipinski definition) is 6. The average Bonchev–Trinajstić information content (AvgIpc) is 2.83. The van der Waals surface area contributed by atoms with E-state index in [4.69, 9.17) is 4.74 Å². The van der Waals surface area contributed by atoms with Crippen LogP contribution in [0.2, 0.25) is 0 Å². The van der Waals surface area contributed by atoms with Gasteiger partial charge in [-0.05, 0) is 67.6 Å². The van der Waals surface area contributed by atoms with Gasteiger partial charge in [0.05, 0.1) is 23.9 Å². The molecule has 0 aliphatic carbocycles. The molecule has 0 bridgehead atoms. The number of ether oxygens (including phenoxy) is 1. The predicted molar refractivity (Wildman–Crippen MR) is 137 cm³/mol. The van der Waals surface area contributed by atoms with Crippen molar-refractivity contribution in [1.82, 2.24) is 5.43 Å². The van der Waals surface area contributed by atoms with E-state index in [2.05, 4.69) is 10.5 Å². The first-order valence-corrected chi connectivity index (χ1v) is 13.1. The van der Waals surface area contributed by atoms with Gasteiger partial charge in [0.1, 0.15) is 12.3 Å². The number of hydrazone groups is 1. The maximum Gasteiger partial charge on any atom is 0.264 e. The molecule has 7 nitrogen and oxygen atoms in total. The van der Waals surface area contributed by atoms with Gasteiger partial charge in [0.15, 0.2) is 0 Å². The summed E-state index contributed by atoms with van der Waals surface area (Å²) in [7, 11) is -2.61. The number of hydrogen-bond donors (Lipinski definition) is 1. The molecule has 0 aliphatic heterocycles. The van der Waals surface area contributed by atoms with Crippen molar-refractivity contribution in [2.45, 2.75) is 23.6 Å². The van der Waals surface area contributed by atoms with E-state index in [0.29, 0.717) is 5.75 Å². The third-order valence-electron chi connectivity index (χ3n) is 5.02. The second-order valence-corrected chi connectivity index (χ2v) is 10.3. The van der Waals surface area contributed by atoms with Crippen molar-refractivity contribution in [2.75, 3.05) is 24.2 Å². The van der Waals surface area contributed by atoms with E-state index in [-0.39, 0.29) is 10.6 Å². The zero-order valence-electron chi connectivity index (χ0n) is 19.5. The lowest BCUT2D eigenvalue weighted by molar-refractivity contribution is -0.119. The lowest BCUT2D eigenvalue weighted by Crippen LogP contribution is -2.39. The first-order valence-electron chi connectivity index (χ1n) is 10.4. The fourth-order valence-corrected chi connectivity index (χ4v) is 5.00. The van der Waals surface area contributed by atoms with Gasteiger partial charge in [-0.15, -0.1) is 11.8 Å². The molecule has 0 atom stereocenters. The molecule has 178 valence electrons. The van der Waals surface area contributed by atoms with Crippen molar-refractivity contribution in [3.8, 4) is 5.75 Å². The number of nitrogens with one attached hydrogen (secondary N) is 1. The smallest absolute Gasteiger partial charge is 0.264 e. The van der Waals surface area contributed by atoms with Crippen LogP contribution in [0, 0.1) is 13.8 Å². The van der Waals surface area contributed by atoms with E-state index in [9.17, 15) is 13.2 Å². The topological polar surface area (TPSA) is 88.1 Å². The van der Waals surface area contributed by atoms with Crippen LogP contribution < -0.4 is 14.5 Å². The van der Waals surface area contributed by atoms with Gasteiger partial charge in [-0.25, -0.2) is 13.8 Å². The monoisotopic (exact) mass is 497 g/mol. The highest BCUT2D eigenvalue weighted by atomic mass is 32.2. The maximum absolute atomic E-state index is 13.6. The van der Waals surface area contributed by atoms with Crippen LogP contribution in [0.15, 0.2) is 81.6 Å². The Kier molecular flexibility index (Phi) is 8.36. The molecular formula is C25H27N3O4S2. The zero-order valence-corrected chi connectivity index (χ0v) is 21.1. The Bertz CT molecular complexity index is 1270. The van der Waals surface area contributed by atoms with Crippen molar-refractivity contribution in [3.05, 3.63) is 83.4 Å². The first kappa shape index (κ1) is 25.3. The molecule has 0 unspecified atom stereocenters. The summed E-state index contributed by atoms with van der Waals surface area (Å²) in [5.41, 5.74) is 5.26. The molecule has 3 aromatic carbocycles. The number of carbonyl (C=O) groups excluding carboxylic acids is 1. The van der Waals surface area contributed by atoms with E-state index in [1.165, 1.54) is 25.5 Å². The number of nitrogens with zero attached hydrogens (tertiary/aromatic N) is 2. The Morgan fingerprint density at radius 3 is 2.29 bits per heavy atom. The second kappa shape index (κ2) is 11.2. The number of aryl methyl sites for hydroxylation is 2. The molecule has 0 spiro atoms. The Hall–Kier alpha value is -3.30. The molecule has 0 saturated heterocycles. The van der Waals surface area contributed by atoms with Crippen LogP contribution in [0.25, 0.3) is 0 Å². The number of thioether (sulfide) groups is 1. The quantitative estimate of drug-likeness (QED) is 0.269. The summed E-state index contributed by atoms with van der Waals surface area (Å²) in [6.45, 7) is 3.24. The molecule has 1 N–H and O–H groups in total. The van der Waals surface area contributed by atoms with Crippen molar-refractivity contribution >= 4 is 39.6 Å². The Morgan fingerprint density at radius 2 is 1.68 bits per heavy atom. The number of anilines is 1. The highest BCUT2D eigenvalue weighted by molar-refractivity contribution is 7.98. The molecule has 9 heteroatoms. The summed E-state index contributed by atoms with van der Waals surface area (Å²) in [6.07, 6.45) is 3.50. The van der Waals surface area contributed by atoms with E-state index in [1.807, 2.05) is 50.4 Å². The van der Waals surface area contributed by atoms with Crippen LogP contribution in [-0.4, -0.2) is 40.4 Å². The van der Waals surface area contributed by atoms with Gasteiger partial charge in [0.25, 0.3) is 15.9 Å². The van der Waals surface area contributed by atoms with Gasteiger partial charge in [0, 0.05) is 4.90 Å². The third kappa shape index (κ3) is 6.18. The van der Waals surface area contributed by atoms with Crippen LogP contribution in [0.5, 0.6) is 5.75 Å². The summed E-state index contributed by atoms with van der Waals surface area (Å²) in [6, 6.07) is 19.3. The highest BCUT2D eigenvalue weighted by Gasteiger charge is 2.29. The molecule has 0 fully saturated rings. The number of amides is 1. The van der Waals surface area contributed by atoms with Gasteiger partial charge in [-0.3, -0.25) is 9.10 Å². The van der Waals surface area contributed by atoms with Crippen LogP contribution in [0.3, 0.4) is 0 Å². The summed E-state index contributed by atoms with van der Waals surface area (Å²) >= 11 is 1.63. The highest BCUT2D eigenvalue weighted by Crippen LogP contribution is 2.33. The molecule has 3 rings (SSSR count). The minimum absolute atomic E-state index is 0.0758. The van der Waals surface area contributed by atoms with Gasteiger partial charge >= 0.3 is 0 Å². The molecule has 0 aliphatic rings. The Balaban J connectivity index is 1.89. The average molecular weight is 498 g/mol. The summed E-state index contributed by atoms with van der Waals surface area (Å²) in [5.74, 6) is -0.247. The van der Waals surface area contributed by atoms with E-state index in [0.717, 1.165) is 25.9 Å². The van der Waals surface area contributed by atoms with Crippen LogP contribution in [-0.2, 0) is 14.8 Å². The number of methoxy groups -OCH3 is 1. The normalized spacial score (nSPS) is 11.4. The summed E-state index contributed by atoms with van der Waals surface area (Å²) < 4.78 is 33.6. The van der Waals surface area contributed by atoms with Crippen molar-refractivity contribution in [3.63, 3.8) is 0 Å². The minimum atomic E-state index is -4.06. The molecule has 0 radical (unpaired) electrons. The summed E-state index contributed by atoms with van der Waals surface area (Å²) in [4.78, 5) is 14.0. The van der Waals surface area contributed by atoms with Gasteiger partial charge in [0.2, 0.25) is 0 Å². The molecule has 3 aromatic rings. The fraction of sp³-hybridized carbons (Fsp3) is 0.200. The van der Waals surface area contributed by atoms with Crippen LogP contribution >= 0.6 is 11.8 Å². The fourth-order valence-electron chi connectivity index (χ4n) is 3.17. The third-order valence-corrected chi connectivity index (χ3v) is 7.54. The maximum atomic E-state index is 13.6. The lowest BCUT2D eigenvalue weighted by atomic mass is 10.2. The van der Waals surface area contributed by atoms with Crippen LogP contribution in [0.1, 0.15) is 16.7 Å². The molecule has 0 saturated carbocycles. The first-order chi connectivity index (χ1) is 16.2. The Morgan fingerprint density at radius 1 is 1.03 bits per heavy atom. The van der Waals surface area contributed by atoms with Crippen LogP contribution in [0.4, 0.5) is 5.69 Å². The van der Waals surface area contributed by atoms with E-state index in [1.54, 1.807) is 36.0 Å². The Labute approximate surface area is 204 Å². The van der Waals surface area contributed by atoms with Gasteiger partial charge in [-0.2, -0.15) is 5.10 Å². The molecule has 34 heavy (non-hydrogen) atoms. The van der Waals surface area contributed by atoms with E-state index >= 15 is 0 Å². The lowest BCUT2D eigenvalue weighted by Gasteiger charge is -2.25. The largest absolute Gasteiger partial charge is 0.495 e. The number of sulfonamides is 1. The zero-order chi connectivity index (χ0) is 24.7.